The van der Waals surface area contributed by atoms with Crippen LogP contribution < -0.4 is 10.1 Å². The van der Waals surface area contributed by atoms with Crippen molar-refractivity contribution < 1.29 is 9.53 Å². The summed E-state index contributed by atoms with van der Waals surface area (Å²) in [5.41, 5.74) is 1.16. The van der Waals surface area contributed by atoms with Crippen molar-refractivity contribution in [2.45, 2.75) is 25.8 Å². The van der Waals surface area contributed by atoms with E-state index in [0.717, 1.165) is 37.2 Å². The zero-order valence-electron chi connectivity index (χ0n) is 11.7. The van der Waals surface area contributed by atoms with Crippen LogP contribution in [0.5, 0.6) is 5.75 Å². The molecule has 1 aliphatic rings. The number of nitrogens with one attached hydrogen (secondary N) is 1. The van der Waals surface area contributed by atoms with Crippen molar-refractivity contribution in [1.29, 1.82) is 0 Å². The van der Waals surface area contributed by atoms with Crippen LogP contribution in [0.3, 0.4) is 0 Å². The standard InChI is InChI=1S/C15H22N2O2/c1-12(13-5-7-14(19-2)8-6-13)16-11-15(18)17-9-3-4-10-17/h5-8,12,16H,3-4,9-11H2,1-2H3/t12-/m0/s1. The molecule has 1 aromatic carbocycles. The third-order valence-electron chi connectivity index (χ3n) is 3.63. The molecule has 1 N–H and O–H groups in total. The van der Waals surface area contributed by atoms with E-state index >= 15 is 0 Å². The summed E-state index contributed by atoms with van der Waals surface area (Å²) >= 11 is 0. The van der Waals surface area contributed by atoms with Crippen molar-refractivity contribution in [3.05, 3.63) is 29.8 Å². The lowest BCUT2D eigenvalue weighted by molar-refractivity contribution is -0.129. The van der Waals surface area contributed by atoms with E-state index in [1.807, 2.05) is 29.2 Å². The van der Waals surface area contributed by atoms with Gasteiger partial charge >= 0.3 is 0 Å². The maximum absolute atomic E-state index is 11.9. The first kappa shape index (κ1) is 13.9. The highest BCUT2D eigenvalue weighted by molar-refractivity contribution is 5.78. The largest absolute Gasteiger partial charge is 0.497 e. The molecule has 1 aromatic rings. The minimum atomic E-state index is 0.164. The summed E-state index contributed by atoms with van der Waals surface area (Å²) in [7, 11) is 1.66. The topological polar surface area (TPSA) is 41.6 Å². The SMILES string of the molecule is COc1ccc([C@H](C)NCC(=O)N2CCCC2)cc1. The maximum atomic E-state index is 11.9. The molecule has 0 saturated carbocycles. The smallest absolute Gasteiger partial charge is 0.236 e. The van der Waals surface area contributed by atoms with E-state index in [9.17, 15) is 4.79 Å². The van der Waals surface area contributed by atoms with Crippen LogP contribution in [0.2, 0.25) is 0 Å². The third kappa shape index (κ3) is 3.70. The Hall–Kier alpha value is -1.55. The number of carbonyl (C=O) groups excluding carboxylic acids is 1. The Kier molecular flexibility index (Phi) is 4.80. The molecule has 104 valence electrons. The van der Waals surface area contributed by atoms with E-state index in [1.54, 1.807) is 7.11 Å². The van der Waals surface area contributed by atoms with Gasteiger partial charge in [0.05, 0.1) is 13.7 Å². The summed E-state index contributed by atoms with van der Waals surface area (Å²) in [4.78, 5) is 13.9. The molecule has 0 radical (unpaired) electrons. The van der Waals surface area contributed by atoms with Gasteiger partial charge in [0.15, 0.2) is 0 Å². The summed E-state index contributed by atoms with van der Waals surface area (Å²) < 4.78 is 5.13. The number of carbonyl (C=O) groups is 1. The summed E-state index contributed by atoms with van der Waals surface area (Å²) in [6, 6.07) is 8.09. The third-order valence-corrected chi connectivity index (χ3v) is 3.63. The van der Waals surface area contributed by atoms with Crippen molar-refractivity contribution in [2.24, 2.45) is 0 Å². The van der Waals surface area contributed by atoms with Crippen molar-refractivity contribution in [3.63, 3.8) is 0 Å². The molecule has 1 heterocycles. The van der Waals surface area contributed by atoms with Gasteiger partial charge in [-0.15, -0.1) is 0 Å². The van der Waals surface area contributed by atoms with E-state index in [4.69, 9.17) is 4.74 Å². The molecule has 0 unspecified atom stereocenters. The lowest BCUT2D eigenvalue weighted by Gasteiger charge is -2.18. The minimum absolute atomic E-state index is 0.164. The van der Waals surface area contributed by atoms with Crippen LogP contribution in [0, 0.1) is 0 Å². The second-order valence-corrected chi connectivity index (χ2v) is 4.96. The maximum Gasteiger partial charge on any atom is 0.236 e. The van der Waals surface area contributed by atoms with E-state index in [-0.39, 0.29) is 11.9 Å². The number of hydrogen-bond donors (Lipinski definition) is 1. The van der Waals surface area contributed by atoms with Crippen molar-refractivity contribution in [2.75, 3.05) is 26.7 Å². The second kappa shape index (κ2) is 6.57. The average molecular weight is 262 g/mol. The molecule has 1 amide bonds. The number of hydrogen-bond acceptors (Lipinski definition) is 3. The van der Waals surface area contributed by atoms with E-state index in [0.29, 0.717) is 6.54 Å². The van der Waals surface area contributed by atoms with Crippen LogP contribution in [-0.2, 0) is 4.79 Å². The quantitative estimate of drug-likeness (QED) is 0.882. The first-order valence-corrected chi connectivity index (χ1v) is 6.86. The molecule has 4 nitrogen and oxygen atoms in total. The van der Waals surface area contributed by atoms with Crippen LogP contribution in [0.4, 0.5) is 0 Å². The number of benzene rings is 1. The fourth-order valence-corrected chi connectivity index (χ4v) is 2.33. The molecule has 1 aliphatic heterocycles. The lowest BCUT2D eigenvalue weighted by atomic mass is 10.1. The monoisotopic (exact) mass is 262 g/mol. The van der Waals surface area contributed by atoms with Crippen molar-refractivity contribution in [3.8, 4) is 5.75 Å². The van der Waals surface area contributed by atoms with Crippen molar-refractivity contribution in [1.82, 2.24) is 10.2 Å². The molecule has 0 aromatic heterocycles. The molecule has 1 fully saturated rings. The van der Waals surface area contributed by atoms with E-state index in [2.05, 4.69) is 12.2 Å². The van der Waals surface area contributed by atoms with Gasteiger partial charge in [-0.3, -0.25) is 4.79 Å². The highest BCUT2D eigenvalue weighted by atomic mass is 16.5. The Morgan fingerprint density at radius 2 is 1.95 bits per heavy atom. The van der Waals surface area contributed by atoms with Crippen LogP contribution in [-0.4, -0.2) is 37.6 Å². The predicted molar refractivity (Wildman–Crippen MR) is 75.2 cm³/mol. The highest BCUT2D eigenvalue weighted by Gasteiger charge is 2.18. The Balaban J connectivity index is 1.82. The van der Waals surface area contributed by atoms with Gasteiger partial charge in [0.1, 0.15) is 5.75 Å². The molecule has 2 rings (SSSR count). The van der Waals surface area contributed by atoms with Gasteiger partial charge in [0.2, 0.25) is 5.91 Å². The fraction of sp³-hybridized carbons (Fsp3) is 0.533. The first-order valence-electron chi connectivity index (χ1n) is 6.86. The summed E-state index contributed by atoms with van der Waals surface area (Å²) in [5.74, 6) is 1.06. The van der Waals surface area contributed by atoms with E-state index in [1.165, 1.54) is 0 Å². The van der Waals surface area contributed by atoms with Gasteiger partial charge in [0.25, 0.3) is 0 Å². The molecule has 0 aliphatic carbocycles. The highest BCUT2D eigenvalue weighted by Crippen LogP contribution is 2.17. The Morgan fingerprint density at radius 3 is 2.53 bits per heavy atom. The lowest BCUT2D eigenvalue weighted by Crippen LogP contribution is -2.37. The molecule has 0 bridgehead atoms. The number of amides is 1. The molecule has 0 spiro atoms. The molecular formula is C15H22N2O2. The fourth-order valence-electron chi connectivity index (χ4n) is 2.33. The van der Waals surface area contributed by atoms with Gasteiger partial charge in [0, 0.05) is 19.1 Å². The molecular weight excluding hydrogens is 240 g/mol. The first-order chi connectivity index (χ1) is 9.20. The van der Waals surface area contributed by atoms with Crippen LogP contribution in [0.15, 0.2) is 24.3 Å². The van der Waals surface area contributed by atoms with Crippen molar-refractivity contribution >= 4 is 5.91 Å². The number of likely N-dealkylation sites (tertiary alicyclic amines) is 1. The number of nitrogens with zero attached hydrogens (tertiary/aromatic N) is 1. The number of ether oxygens (including phenoxy) is 1. The van der Waals surface area contributed by atoms with E-state index < -0.39 is 0 Å². The summed E-state index contributed by atoms with van der Waals surface area (Å²) in [5, 5.41) is 3.28. The Labute approximate surface area is 114 Å². The molecule has 4 heteroatoms. The van der Waals surface area contributed by atoms with Gasteiger partial charge in [-0.1, -0.05) is 12.1 Å². The van der Waals surface area contributed by atoms with Gasteiger partial charge < -0.3 is 15.0 Å². The summed E-state index contributed by atoms with van der Waals surface area (Å²) in [6.07, 6.45) is 2.28. The number of methoxy groups -OCH3 is 1. The predicted octanol–water partition coefficient (Wildman–Crippen LogP) is 1.97. The molecule has 1 saturated heterocycles. The summed E-state index contributed by atoms with van der Waals surface area (Å²) in [6.45, 7) is 4.31. The molecule has 1 atom stereocenters. The number of rotatable bonds is 5. The minimum Gasteiger partial charge on any atom is -0.497 e. The van der Waals surface area contributed by atoms with Gasteiger partial charge in [-0.2, -0.15) is 0 Å². The Bertz CT molecular complexity index is 411. The van der Waals surface area contributed by atoms with Crippen LogP contribution >= 0.6 is 0 Å². The second-order valence-electron chi connectivity index (χ2n) is 4.96. The van der Waals surface area contributed by atoms with Gasteiger partial charge in [-0.25, -0.2) is 0 Å². The van der Waals surface area contributed by atoms with Crippen LogP contribution in [0.25, 0.3) is 0 Å². The zero-order valence-corrected chi connectivity index (χ0v) is 11.7. The van der Waals surface area contributed by atoms with Crippen LogP contribution in [0.1, 0.15) is 31.4 Å². The normalized spacial score (nSPS) is 16.4. The molecule has 19 heavy (non-hydrogen) atoms. The average Bonchev–Trinajstić information content (AvgIpc) is 2.98. The van der Waals surface area contributed by atoms with Gasteiger partial charge in [-0.05, 0) is 37.5 Å². The zero-order chi connectivity index (χ0) is 13.7. The Morgan fingerprint density at radius 1 is 1.32 bits per heavy atom.